The zero-order chi connectivity index (χ0) is 17.6. The van der Waals surface area contributed by atoms with Crippen molar-refractivity contribution in [2.45, 2.75) is 30.8 Å². The molecule has 0 aliphatic carbocycles. The molecule has 1 heterocycles. The molecule has 0 amide bonds. The standard InChI is InChI=1S/C16H24FN3O3S.HI/c1-2-18-16(20-10-7-13(21)8-11-20)19-9-12-24(22,23)15-6-4-3-5-14(15)17;/h3-6,13,21H,2,7-12H2,1H3,(H,18,19);1H. The summed E-state index contributed by atoms with van der Waals surface area (Å²) in [6.07, 6.45) is 1.04. The van der Waals surface area contributed by atoms with E-state index in [0.717, 1.165) is 6.07 Å². The highest BCUT2D eigenvalue weighted by Gasteiger charge is 2.21. The van der Waals surface area contributed by atoms with Gasteiger partial charge >= 0.3 is 0 Å². The molecule has 0 saturated carbocycles. The van der Waals surface area contributed by atoms with Gasteiger partial charge < -0.3 is 15.3 Å². The molecule has 142 valence electrons. The number of aliphatic hydroxyl groups is 1. The minimum Gasteiger partial charge on any atom is -0.393 e. The number of benzene rings is 1. The first-order chi connectivity index (χ1) is 11.4. The van der Waals surface area contributed by atoms with Crippen molar-refractivity contribution < 1.29 is 17.9 Å². The van der Waals surface area contributed by atoms with Crippen molar-refractivity contribution in [2.24, 2.45) is 4.99 Å². The molecule has 0 aromatic heterocycles. The summed E-state index contributed by atoms with van der Waals surface area (Å²) >= 11 is 0. The van der Waals surface area contributed by atoms with Gasteiger partial charge in [-0.2, -0.15) is 0 Å². The highest BCUT2D eigenvalue weighted by molar-refractivity contribution is 14.0. The van der Waals surface area contributed by atoms with E-state index in [0.29, 0.717) is 38.4 Å². The number of rotatable bonds is 5. The Hall–Kier alpha value is -0.940. The quantitative estimate of drug-likeness (QED) is 0.377. The Morgan fingerprint density at radius 3 is 2.60 bits per heavy atom. The Morgan fingerprint density at radius 1 is 1.36 bits per heavy atom. The van der Waals surface area contributed by atoms with E-state index in [4.69, 9.17) is 0 Å². The number of piperidine rings is 1. The predicted octanol–water partition coefficient (Wildman–Crippen LogP) is 1.64. The van der Waals surface area contributed by atoms with E-state index in [1.807, 2.05) is 11.8 Å². The average molecular weight is 485 g/mol. The molecule has 9 heteroatoms. The number of nitrogens with one attached hydrogen (secondary N) is 1. The van der Waals surface area contributed by atoms with Crippen LogP contribution in [0.1, 0.15) is 19.8 Å². The summed E-state index contributed by atoms with van der Waals surface area (Å²) in [5.74, 6) is -0.356. The third-order valence-electron chi connectivity index (χ3n) is 3.89. The maximum absolute atomic E-state index is 13.7. The molecule has 1 fully saturated rings. The zero-order valence-corrected chi connectivity index (χ0v) is 17.3. The van der Waals surface area contributed by atoms with Crippen LogP contribution >= 0.6 is 24.0 Å². The number of aliphatic hydroxyl groups excluding tert-OH is 1. The fourth-order valence-electron chi connectivity index (χ4n) is 2.58. The van der Waals surface area contributed by atoms with Gasteiger partial charge in [0.2, 0.25) is 0 Å². The van der Waals surface area contributed by atoms with Crippen molar-refractivity contribution in [3.8, 4) is 0 Å². The molecule has 2 rings (SSSR count). The number of hydrogen-bond donors (Lipinski definition) is 2. The Morgan fingerprint density at radius 2 is 2.00 bits per heavy atom. The van der Waals surface area contributed by atoms with Gasteiger partial charge in [-0.1, -0.05) is 12.1 Å². The van der Waals surface area contributed by atoms with Crippen LogP contribution in [-0.4, -0.2) is 62.4 Å². The second-order valence-corrected chi connectivity index (χ2v) is 7.78. The fraction of sp³-hybridized carbons (Fsp3) is 0.562. The summed E-state index contributed by atoms with van der Waals surface area (Å²) < 4.78 is 38.1. The van der Waals surface area contributed by atoms with Gasteiger partial charge in [0.05, 0.1) is 18.4 Å². The van der Waals surface area contributed by atoms with Crippen LogP contribution in [0, 0.1) is 5.82 Å². The molecule has 1 aliphatic rings. The third-order valence-corrected chi connectivity index (χ3v) is 5.61. The molecule has 0 atom stereocenters. The summed E-state index contributed by atoms with van der Waals surface area (Å²) in [6, 6.07) is 5.37. The highest BCUT2D eigenvalue weighted by Crippen LogP contribution is 2.15. The smallest absolute Gasteiger partial charge is 0.193 e. The number of hydrogen-bond acceptors (Lipinski definition) is 4. The van der Waals surface area contributed by atoms with Gasteiger partial charge in [0.1, 0.15) is 10.7 Å². The lowest BCUT2D eigenvalue weighted by molar-refractivity contribution is 0.108. The molecule has 1 aromatic rings. The lowest BCUT2D eigenvalue weighted by atomic mass is 10.1. The second-order valence-electron chi connectivity index (χ2n) is 5.70. The topological polar surface area (TPSA) is 82.0 Å². The molecule has 6 nitrogen and oxygen atoms in total. The van der Waals surface area contributed by atoms with E-state index in [1.54, 1.807) is 0 Å². The van der Waals surface area contributed by atoms with Gasteiger partial charge in [0.25, 0.3) is 0 Å². The van der Waals surface area contributed by atoms with Crippen LogP contribution in [0.25, 0.3) is 0 Å². The van der Waals surface area contributed by atoms with E-state index >= 15 is 0 Å². The number of sulfone groups is 1. The van der Waals surface area contributed by atoms with E-state index in [9.17, 15) is 17.9 Å². The SMILES string of the molecule is CCNC(=NCCS(=O)(=O)c1ccccc1F)N1CCC(O)CC1.I. The molecule has 0 radical (unpaired) electrons. The molecular formula is C16H25FIN3O3S. The largest absolute Gasteiger partial charge is 0.393 e. The van der Waals surface area contributed by atoms with Crippen LogP contribution in [0.3, 0.4) is 0 Å². The molecule has 1 saturated heterocycles. The van der Waals surface area contributed by atoms with Gasteiger partial charge in [-0.15, -0.1) is 24.0 Å². The average Bonchev–Trinajstić information content (AvgIpc) is 2.55. The highest BCUT2D eigenvalue weighted by atomic mass is 127. The van der Waals surface area contributed by atoms with Gasteiger partial charge in [0.15, 0.2) is 15.8 Å². The summed E-state index contributed by atoms with van der Waals surface area (Å²) in [5.41, 5.74) is 0. The van der Waals surface area contributed by atoms with E-state index in [2.05, 4.69) is 10.3 Å². The zero-order valence-electron chi connectivity index (χ0n) is 14.2. The summed E-state index contributed by atoms with van der Waals surface area (Å²) in [4.78, 5) is 6.07. The molecule has 1 aromatic carbocycles. The molecular weight excluding hydrogens is 460 g/mol. The summed E-state index contributed by atoms with van der Waals surface area (Å²) in [5, 5.41) is 12.7. The van der Waals surface area contributed by atoms with Crippen molar-refractivity contribution in [3.63, 3.8) is 0 Å². The minimum absolute atomic E-state index is 0. The van der Waals surface area contributed by atoms with Crippen molar-refractivity contribution in [2.75, 3.05) is 31.9 Å². The van der Waals surface area contributed by atoms with E-state index < -0.39 is 15.7 Å². The molecule has 0 spiro atoms. The molecule has 25 heavy (non-hydrogen) atoms. The first kappa shape index (κ1) is 22.1. The molecule has 2 N–H and O–H groups in total. The van der Waals surface area contributed by atoms with Crippen LogP contribution in [0.2, 0.25) is 0 Å². The number of guanidine groups is 1. The van der Waals surface area contributed by atoms with Crippen LogP contribution in [0.4, 0.5) is 4.39 Å². The normalized spacial score (nSPS) is 16.4. The monoisotopic (exact) mass is 485 g/mol. The maximum atomic E-state index is 13.7. The minimum atomic E-state index is -3.71. The van der Waals surface area contributed by atoms with E-state index in [-0.39, 0.29) is 47.3 Å². The van der Waals surface area contributed by atoms with Crippen LogP contribution in [0.5, 0.6) is 0 Å². The van der Waals surface area contributed by atoms with Gasteiger partial charge in [0, 0.05) is 19.6 Å². The third kappa shape index (κ3) is 6.37. The van der Waals surface area contributed by atoms with Gasteiger partial charge in [-0.05, 0) is 31.9 Å². The fourth-order valence-corrected chi connectivity index (χ4v) is 3.78. The number of likely N-dealkylation sites (tertiary alicyclic amines) is 1. The molecule has 0 bridgehead atoms. The van der Waals surface area contributed by atoms with Crippen molar-refractivity contribution in [1.82, 2.24) is 10.2 Å². The van der Waals surface area contributed by atoms with Crippen molar-refractivity contribution in [1.29, 1.82) is 0 Å². The molecule has 1 aliphatic heterocycles. The van der Waals surface area contributed by atoms with Crippen LogP contribution < -0.4 is 5.32 Å². The second kappa shape index (κ2) is 10.3. The van der Waals surface area contributed by atoms with Crippen LogP contribution in [-0.2, 0) is 9.84 Å². The number of nitrogens with zero attached hydrogens (tertiary/aromatic N) is 2. The Labute approximate surface area is 165 Å². The lowest BCUT2D eigenvalue weighted by Crippen LogP contribution is -2.46. The van der Waals surface area contributed by atoms with Crippen molar-refractivity contribution >= 4 is 39.8 Å². The Kier molecular flexibility index (Phi) is 9.08. The summed E-state index contributed by atoms with van der Waals surface area (Å²) in [6.45, 7) is 4.00. The maximum Gasteiger partial charge on any atom is 0.193 e. The van der Waals surface area contributed by atoms with Crippen molar-refractivity contribution in [3.05, 3.63) is 30.1 Å². The summed E-state index contributed by atoms with van der Waals surface area (Å²) in [7, 11) is -3.71. The first-order valence-corrected chi connectivity index (χ1v) is 9.78. The lowest BCUT2D eigenvalue weighted by Gasteiger charge is -2.32. The number of halogens is 2. The predicted molar refractivity (Wildman–Crippen MR) is 107 cm³/mol. The van der Waals surface area contributed by atoms with Gasteiger partial charge in [-0.3, -0.25) is 4.99 Å². The van der Waals surface area contributed by atoms with E-state index in [1.165, 1.54) is 18.2 Å². The van der Waals surface area contributed by atoms with Crippen LogP contribution in [0.15, 0.2) is 34.2 Å². The first-order valence-electron chi connectivity index (χ1n) is 8.12. The van der Waals surface area contributed by atoms with Gasteiger partial charge in [-0.25, -0.2) is 12.8 Å². The number of aliphatic imine (C=N–C) groups is 1. The molecule has 0 unspecified atom stereocenters. The Balaban J connectivity index is 0.00000312. The Bertz CT molecular complexity index is 677.